The molecule has 0 aliphatic carbocycles. The molecule has 0 aliphatic heterocycles. The molecule has 2 unspecified atom stereocenters. The van der Waals surface area contributed by atoms with Crippen LogP contribution in [0.25, 0.3) is 0 Å². The molecule has 0 saturated heterocycles. The molecule has 0 aliphatic rings. The van der Waals surface area contributed by atoms with E-state index < -0.39 is 11.7 Å². The summed E-state index contributed by atoms with van der Waals surface area (Å²) in [6, 6.07) is 3.91. The molecule has 19 heavy (non-hydrogen) atoms. The summed E-state index contributed by atoms with van der Waals surface area (Å²) in [5, 5.41) is 3.24. The predicted molar refractivity (Wildman–Crippen MR) is 76.3 cm³/mol. The first kappa shape index (κ1) is 16.3. The van der Waals surface area contributed by atoms with E-state index in [1.54, 1.807) is 0 Å². The Kier molecular flexibility index (Phi) is 5.71. The summed E-state index contributed by atoms with van der Waals surface area (Å²) in [5.41, 5.74) is 0.0586. The van der Waals surface area contributed by atoms with E-state index in [9.17, 15) is 13.2 Å². The van der Waals surface area contributed by atoms with Crippen molar-refractivity contribution in [2.75, 3.05) is 5.32 Å². The van der Waals surface area contributed by atoms with Crippen molar-refractivity contribution in [1.29, 1.82) is 0 Å². The average molecular weight is 338 g/mol. The lowest BCUT2D eigenvalue weighted by atomic mass is 10.0. The van der Waals surface area contributed by atoms with Crippen molar-refractivity contribution in [2.45, 2.75) is 45.8 Å². The summed E-state index contributed by atoms with van der Waals surface area (Å²) in [5.74, 6) is 0.593. The Morgan fingerprint density at radius 2 is 1.89 bits per heavy atom. The standard InChI is InChI=1S/C14H19BrF3N/c1-4-9(2)7-10(3)19-13-6-5-11(8-12(13)15)14(16,17)18/h5-6,8-10,19H,4,7H2,1-3H3. The highest BCUT2D eigenvalue weighted by Gasteiger charge is 2.30. The molecule has 1 aromatic rings. The van der Waals surface area contributed by atoms with Crippen molar-refractivity contribution < 1.29 is 13.2 Å². The number of rotatable bonds is 5. The van der Waals surface area contributed by atoms with E-state index in [1.165, 1.54) is 6.07 Å². The maximum absolute atomic E-state index is 12.5. The molecule has 0 amide bonds. The van der Waals surface area contributed by atoms with Gasteiger partial charge in [0.2, 0.25) is 0 Å². The predicted octanol–water partition coefficient (Wildman–Crippen LogP) is 5.70. The molecule has 0 aromatic heterocycles. The minimum absolute atomic E-state index is 0.225. The summed E-state index contributed by atoms with van der Waals surface area (Å²) >= 11 is 3.19. The van der Waals surface area contributed by atoms with Gasteiger partial charge in [-0.1, -0.05) is 20.3 Å². The Balaban J connectivity index is 2.75. The summed E-state index contributed by atoms with van der Waals surface area (Å²) in [6.45, 7) is 6.33. The first-order valence-electron chi connectivity index (χ1n) is 6.37. The molecule has 2 atom stereocenters. The smallest absolute Gasteiger partial charge is 0.382 e. The van der Waals surface area contributed by atoms with Crippen molar-refractivity contribution in [2.24, 2.45) is 5.92 Å². The van der Waals surface area contributed by atoms with Crippen LogP contribution in [0.1, 0.15) is 39.2 Å². The molecule has 0 fully saturated rings. The molecule has 1 N–H and O–H groups in total. The lowest BCUT2D eigenvalue weighted by molar-refractivity contribution is -0.137. The van der Waals surface area contributed by atoms with E-state index in [-0.39, 0.29) is 6.04 Å². The van der Waals surface area contributed by atoms with Crippen LogP contribution in [0, 0.1) is 5.92 Å². The van der Waals surface area contributed by atoms with Gasteiger partial charge in [-0.2, -0.15) is 13.2 Å². The maximum Gasteiger partial charge on any atom is 0.416 e. The van der Waals surface area contributed by atoms with Gasteiger partial charge in [-0.05, 0) is 53.4 Å². The number of benzene rings is 1. The van der Waals surface area contributed by atoms with E-state index in [1.807, 2.05) is 6.92 Å². The normalized spacial score (nSPS) is 15.1. The van der Waals surface area contributed by atoms with Crippen LogP contribution in [-0.2, 0) is 6.18 Å². The first-order chi connectivity index (χ1) is 8.74. The van der Waals surface area contributed by atoms with Crippen LogP contribution in [0.2, 0.25) is 0 Å². The van der Waals surface area contributed by atoms with E-state index in [0.29, 0.717) is 16.1 Å². The lowest BCUT2D eigenvalue weighted by Gasteiger charge is -2.20. The van der Waals surface area contributed by atoms with Crippen LogP contribution in [-0.4, -0.2) is 6.04 Å². The van der Waals surface area contributed by atoms with E-state index in [2.05, 4.69) is 35.1 Å². The van der Waals surface area contributed by atoms with E-state index in [4.69, 9.17) is 0 Å². The monoisotopic (exact) mass is 337 g/mol. The number of anilines is 1. The number of halogens is 4. The van der Waals surface area contributed by atoms with Crippen molar-refractivity contribution >= 4 is 21.6 Å². The van der Waals surface area contributed by atoms with Crippen molar-refractivity contribution in [1.82, 2.24) is 0 Å². The number of hydrogen-bond donors (Lipinski definition) is 1. The molecule has 108 valence electrons. The lowest BCUT2D eigenvalue weighted by Crippen LogP contribution is -2.18. The van der Waals surface area contributed by atoms with Crippen LogP contribution in [0.3, 0.4) is 0 Å². The Bertz CT molecular complexity index is 418. The third-order valence-corrected chi connectivity index (χ3v) is 3.81. The fourth-order valence-corrected chi connectivity index (χ4v) is 2.40. The molecule has 0 heterocycles. The summed E-state index contributed by atoms with van der Waals surface area (Å²) < 4.78 is 38.1. The van der Waals surface area contributed by atoms with Gasteiger partial charge in [-0.15, -0.1) is 0 Å². The fourth-order valence-electron chi connectivity index (χ4n) is 1.90. The zero-order valence-corrected chi connectivity index (χ0v) is 12.9. The van der Waals surface area contributed by atoms with Gasteiger partial charge in [0.1, 0.15) is 0 Å². The Morgan fingerprint density at radius 3 is 2.37 bits per heavy atom. The molecule has 0 spiro atoms. The van der Waals surface area contributed by atoms with Crippen LogP contribution < -0.4 is 5.32 Å². The quantitative estimate of drug-likeness (QED) is 0.726. The highest BCUT2D eigenvalue weighted by molar-refractivity contribution is 9.10. The van der Waals surface area contributed by atoms with Crippen molar-refractivity contribution in [3.05, 3.63) is 28.2 Å². The highest BCUT2D eigenvalue weighted by atomic mass is 79.9. The average Bonchev–Trinajstić information content (AvgIpc) is 2.30. The molecular weight excluding hydrogens is 319 g/mol. The minimum atomic E-state index is -4.30. The molecule has 5 heteroatoms. The number of nitrogens with one attached hydrogen (secondary N) is 1. The van der Waals surface area contributed by atoms with Crippen LogP contribution in [0.5, 0.6) is 0 Å². The fraction of sp³-hybridized carbons (Fsp3) is 0.571. The second kappa shape index (κ2) is 6.64. The van der Waals surface area contributed by atoms with Crippen LogP contribution >= 0.6 is 15.9 Å². The summed E-state index contributed by atoms with van der Waals surface area (Å²) in [7, 11) is 0. The van der Waals surface area contributed by atoms with Crippen LogP contribution in [0.15, 0.2) is 22.7 Å². The van der Waals surface area contributed by atoms with Gasteiger partial charge in [0.15, 0.2) is 0 Å². The third kappa shape index (κ3) is 5.05. The first-order valence-corrected chi connectivity index (χ1v) is 7.16. The molecule has 1 aromatic carbocycles. The molecule has 0 radical (unpaired) electrons. The maximum atomic E-state index is 12.5. The van der Waals surface area contributed by atoms with Crippen molar-refractivity contribution in [3.63, 3.8) is 0 Å². The SMILES string of the molecule is CCC(C)CC(C)Nc1ccc(C(F)(F)F)cc1Br. The van der Waals surface area contributed by atoms with Gasteiger partial charge >= 0.3 is 6.18 Å². The summed E-state index contributed by atoms with van der Waals surface area (Å²) in [6.07, 6.45) is -2.21. The topological polar surface area (TPSA) is 12.0 Å². The minimum Gasteiger partial charge on any atom is -0.382 e. The molecule has 0 bridgehead atoms. The van der Waals surface area contributed by atoms with Gasteiger partial charge in [-0.25, -0.2) is 0 Å². The highest BCUT2D eigenvalue weighted by Crippen LogP contribution is 2.34. The Hall–Kier alpha value is -0.710. The molecule has 1 rings (SSSR count). The zero-order valence-electron chi connectivity index (χ0n) is 11.3. The second-order valence-electron chi connectivity index (χ2n) is 4.99. The van der Waals surface area contributed by atoms with Crippen LogP contribution in [0.4, 0.5) is 18.9 Å². The number of alkyl halides is 3. The van der Waals surface area contributed by atoms with Gasteiger partial charge in [0.05, 0.1) is 5.56 Å². The molecule has 0 saturated carbocycles. The van der Waals surface area contributed by atoms with Gasteiger partial charge in [-0.3, -0.25) is 0 Å². The van der Waals surface area contributed by atoms with E-state index in [0.717, 1.165) is 25.0 Å². The van der Waals surface area contributed by atoms with Gasteiger partial charge in [0.25, 0.3) is 0 Å². The summed E-state index contributed by atoms with van der Waals surface area (Å²) in [4.78, 5) is 0. The van der Waals surface area contributed by atoms with Gasteiger partial charge < -0.3 is 5.32 Å². The largest absolute Gasteiger partial charge is 0.416 e. The Labute approximate surface area is 120 Å². The van der Waals surface area contributed by atoms with Crippen molar-refractivity contribution in [3.8, 4) is 0 Å². The third-order valence-electron chi connectivity index (χ3n) is 3.15. The number of hydrogen-bond acceptors (Lipinski definition) is 1. The Morgan fingerprint density at radius 1 is 1.26 bits per heavy atom. The van der Waals surface area contributed by atoms with E-state index >= 15 is 0 Å². The zero-order chi connectivity index (χ0) is 14.6. The second-order valence-corrected chi connectivity index (χ2v) is 5.84. The molecule has 1 nitrogen and oxygen atoms in total. The van der Waals surface area contributed by atoms with Gasteiger partial charge in [0, 0.05) is 16.2 Å². The molecular formula is C14H19BrF3N.